The maximum absolute atomic E-state index is 11.0. The highest BCUT2D eigenvalue weighted by Crippen LogP contribution is 2.24. The normalized spacial score (nSPS) is 10.2. The number of ether oxygens (including phenoxy) is 1. The fourth-order valence-electron chi connectivity index (χ4n) is 2.05. The summed E-state index contributed by atoms with van der Waals surface area (Å²) in [5, 5.41) is 0. The minimum Gasteiger partial charge on any atom is -0.439 e. The number of benzene rings is 2. The summed E-state index contributed by atoms with van der Waals surface area (Å²) in [6, 6.07) is 21.0. The van der Waals surface area contributed by atoms with Crippen LogP contribution in [-0.4, -0.2) is 10.9 Å². The molecule has 0 bridgehead atoms. The molecule has 0 aliphatic heterocycles. The van der Waals surface area contributed by atoms with E-state index in [2.05, 4.69) is 17.1 Å². The molecule has 108 valence electrons. The summed E-state index contributed by atoms with van der Waals surface area (Å²) in [6.07, 6.45) is 1.40. The lowest BCUT2D eigenvalue weighted by Gasteiger charge is -2.06. The van der Waals surface area contributed by atoms with Crippen LogP contribution in [0.1, 0.15) is 10.4 Å². The van der Waals surface area contributed by atoms with Crippen LogP contribution in [0.15, 0.2) is 72.9 Å². The molecule has 0 fully saturated rings. The van der Waals surface area contributed by atoms with Gasteiger partial charge >= 0.3 is 0 Å². The zero-order valence-electron chi connectivity index (χ0n) is 11.8. The predicted molar refractivity (Wildman–Crippen MR) is 84.7 cm³/mol. The van der Waals surface area contributed by atoms with Crippen molar-refractivity contribution in [1.29, 1.82) is 0 Å². The molecule has 1 heterocycles. The Balaban J connectivity index is 1.75. The monoisotopic (exact) mass is 290 g/mol. The van der Waals surface area contributed by atoms with Crippen LogP contribution in [0.25, 0.3) is 11.1 Å². The quantitative estimate of drug-likeness (QED) is 0.797. The van der Waals surface area contributed by atoms with E-state index in [0.717, 1.165) is 11.1 Å². The summed E-state index contributed by atoms with van der Waals surface area (Å²) in [7, 11) is 0. The van der Waals surface area contributed by atoms with Crippen LogP contribution >= 0.6 is 0 Å². The van der Waals surface area contributed by atoms with Gasteiger partial charge in [0.05, 0.1) is 5.56 Å². The molecule has 3 aromatic rings. The van der Waals surface area contributed by atoms with Crippen molar-refractivity contribution < 1.29 is 9.53 Å². The molecule has 3 rings (SSSR count). The molecule has 0 atom stereocenters. The fourth-order valence-corrected chi connectivity index (χ4v) is 2.05. The van der Waals surface area contributed by atoms with Crippen LogP contribution in [0.4, 0.5) is 0 Å². The number of nitrogens with zero attached hydrogens (tertiary/aromatic N) is 1. The Morgan fingerprint density at radius 1 is 0.864 bits per heavy atom. The molecule has 0 saturated carbocycles. The van der Waals surface area contributed by atoms with E-state index in [-0.39, 0.29) is 0 Å². The molecule has 0 aliphatic carbocycles. The Kier molecular flexibility index (Phi) is 3.83. The van der Waals surface area contributed by atoms with Crippen LogP contribution in [0.2, 0.25) is 0 Å². The van der Waals surface area contributed by atoms with Gasteiger partial charge in [0.25, 0.3) is 0 Å². The zero-order valence-corrected chi connectivity index (χ0v) is 11.8. The molecule has 22 heavy (non-hydrogen) atoms. The molecule has 0 saturated heterocycles. The van der Waals surface area contributed by atoms with Crippen molar-refractivity contribution in [2.45, 2.75) is 0 Å². The highest BCUT2D eigenvalue weighted by atomic mass is 16.5. The molecule has 4 nitrogen and oxygen atoms in total. The number of rotatable bonds is 4. The van der Waals surface area contributed by atoms with E-state index in [1.54, 1.807) is 12.1 Å². The van der Waals surface area contributed by atoms with Crippen molar-refractivity contribution in [1.82, 2.24) is 4.98 Å². The van der Waals surface area contributed by atoms with Gasteiger partial charge in [-0.15, -0.1) is 0 Å². The molecular weight excluding hydrogens is 276 g/mol. The van der Waals surface area contributed by atoms with E-state index in [1.807, 2.05) is 42.5 Å². The Labute approximate surface area is 128 Å². The van der Waals surface area contributed by atoms with Gasteiger partial charge in [0, 0.05) is 12.3 Å². The predicted octanol–water partition coefficient (Wildman–Crippen LogP) is 3.64. The molecule has 1 aromatic heterocycles. The van der Waals surface area contributed by atoms with Crippen LogP contribution < -0.4 is 10.5 Å². The topological polar surface area (TPSA) is 65.2 Å². The second kappa shape index (κ2) is 6.10. The maximum atomic E-state index is 11.0. The number of nitrogens with two attached hydrogens (primary N) is 1. The highest BCUT2D eigenvalue weighted by molar-refractivity contribution is 5.92. The first-order chi connectivity index (χ1) is 10.7. The van der Waals surface area contributed by atoms with Crippen molar-refractivity contribution in [3.05, 3.63) is 78.5 Å². The molecule has 0 aliphatic rings. The first-order valence-electron chi connectivity index (χ1n) is 6.81. The van der Waals surface area contributed by atoms with Gasteiger partial charge in [0.2, 0.25) is 11.8 Å². The summed E-state index contributed by atoms with van der Waals surface area (Å²) in [5.41, 5.74) is 7.79. The number of carbonyl (C=O) groups is 1. The molecule has 0 spiro atoms. The number of primary amides is 1. The minimum absolute atomic E-state index is 0.353. The number of aromatic nitrogens is 1. The first-order valence-corrected chi connectivity index (χ1v) is 6.81. The fraction of sp³-hybridized carbons (Fsp3) is 0. The lowest BCUT2D eigenvalue weighted by atomic mass is 10.1. The van der Waals surface area contributed by atoms with Crippen molar-refractivity contribution in [2.75, 3.05) is 0 Å². The van der Waals surface area contributed by atoms with Crippen LogP contribution in [0.3, 0.4) is 0 Å². The van der Waals surface area contributed by atoms with E-state index in [0.29, 0.717) is 17.2 Å². The lowest BCUT2D eigenvalue weighted by Crippen LogP contribution is -2.10. The molecule has 1 amide bonds. The van der Waals surface area contributed by atoms with E-state index >= 15 is 0 Å². The van der Waals surface area contributed by atoms with Gasteiger partial charge in [-0.25, -0.2) is 4.98 Å². The average Bonchev–Trinajstić information content (AvgIpc) is 2.57. The maximum Gasteiger partial charge on any atom is 0.250 e. The van der Waals surface area contributed by atoms with Gasteiger partial charge in [-0.2, -0.15) is 0 Å². The van der Waals surface area contributed by atoms with Gasteiger partial charge < -0.3 is 10.5 Å². The van der Waals surface area contributed by atoms with Crippen molar-refractivity contribution in [3.8, 4) is 22.8 Å². The summed E-state index contributed by atoms with van der Waals surface area (Å²) >= 11 is 0. The minimum atomic E-state index is -0.508. The average molecular weight is 290 g/mol. The largest absolute Gasteiger partial charge is 0.439 e. The summed E-state index contributed by atoms with van der Waals surface area (Å²) in [6.45, 7) is 0. The van der Waals surface area contributed by atoms with E-state index in [9.17, 15) is 4.79 Å². The number of pyridine rings is 1. The van der Waals surface area contributed by atoms with Gasteiger partial charge in [-0.1, -0.05) is 42.5 Å². The van der Waals surface area contributed by atoms with E-state index < -0.39 is 5.91 Å². The van der Waals surface area contributed by atoms with Gasteiger partial charge in [0.15, 0.2) is 0 Å². The van der Waals surface area contributed by atoms with E-state index in [1.165, 1.54) is 6.20 Å². The molecule has 2 N–H and O–H groups in total. The van der Waals surface area contributed by atoms with E-state index in [4.69, 9.17) is 10.5 Å². The molecule has 2 aromatic carbocycles. The van der Waals surface area contributed by atoms with Gasteiger partial charge in [-0.3, -0.25) is 4.79 Å². The molecular formula is C18H14N2O2. The smallest absolute Gasteiger partial charge is 0.250 e. The number of hydrogen-bond acceptors (Lipinski definition) is 3. The summed E-state index contributed by atoms with van der Waals surface area (Å²) < 4.78 is 5.64. The zero-order chi connectivity index (χ0) is 15.4. The third kappa shape index (κ3) is 3.12. The molecule has 0 radical (unpaired) electrons. The number of carbonyl (C=O) groups excluding carboxylic acids is 1. The van der Waals surface area contributed by atoms with Crippen LogP contribution in [-0.2, 0) is 0 Å². The van der Waals surface area contributed by atoms with Crippen LogP contribution in [0.5, 0.6) is 11.6 Å². The third-order valence-electron chi connectivity index (χ3n) is 3.20. The lowest BCUT2D eigenvalue weighted by molar-refractivity contribution is 0.1000. The van der Waals surface area contributed by atoms with Crippen molar-refractivity contribution in [3.63, 3.8) is 0 Å². The summed E-state index contributed by atoms with van der Waals surface area (Å²) in [5.74, 6) is 0.586. The third-order valence-corrected chi connectivity index (χ3v) is 3.20. The second-order valence-corrected chi connectivity index (χ2v) is 4.74. The molecule has 4 heteroatoms. The standard InChI is InChI=1S/C18H14N2O2/c19-18(21)15-8-11-17(20-12-15)22-16-9-6-14(7-10-16)13-4-2-1-3-5-13/h1-12H,(H2,19,21). The Hall–Kier alpha value is -3.14. The number of hydrogen-bond donors (Lipinski definition) is 1. The first kappa shape index (κ1) is 13.8. The van der Waals surface area contributed by atoms with Crippen molar-refractivity contribution in [2.24, 2.45) is 5.73 Å². The Morgan fingerprint density at radius 2 is 1.55 bits per heavy atom. The second-order valence-electron chi connectivity index (χ2n) is 4.74. The van der Waals surface area contributed by atoms with Gasteiger partial charge in [-0.05, 0) is 29.3 Å². The van der Waals surface area contributed by atoms with Gasteiger partial charge in [0.1, 0.15) is 5.75 Å². The molecule has 0 unspecified atom stereocenters. The van der Waals surface area contributed by atoms with Crippen molar-refractivity contribution >= 4 is 5.91 Å². The highest BCUT2D eigenvalue weighted by Gasteiger charge is 2.03. The summed E-state index contributed by atoms with van der Waals surface area (Å²) in [4.78, 5) is 15.0. The Morgan fingerprint density at radius 3 is 2.14 bits per heavy atom. The SMILES string of the molecule is NC(=O)c1ccc(Oc2ccc(-c3ccccc3)cc2)nc1. The number of amides is 1. The van der Waals surface area contributed by atoms with Crippen LogP contribution in [0, 0.1) is 0 Å². The Bertz CT molecular complexity index is 766.